The first-order chi connectivity index (χ1) is 14.4. The third-order valence-corrected chi connectivity index (χ3v) is 6.08. The molecule has 1 aliphatic heterocycles. The Labute approximate surface area is 175 Å². The van der Waals surface area contributed by atoms with Crippen LogP contribution >= 0.6 is 0 Å². The van der Waals surface area contributed by atoms with Crippen molar-refractivity contribution in [2.75, 3.05) is 6.54 Å². The van der Waals surface area contributed by atoms with E-state index in [0.717, 1.165) is 18.5 Å². The molecule has 4 rings (SSSR count). The molecule has 1 aliphatic rings. The molecule has 3 atom stereocenters. The van der Waals surface area contributed by atoms with Crippen LogP contribution in [0.5, 0.6) is 0 Å². The molecule has 1 fully saturated rings. The highest BCUT2D eigenvalue weighted by molar-refractivity contribution is 5.98. The van der Waals surface area contributed by atoms with Crippen LogP contribution in [0.3, 0.4) is 0 Å². The van der Waals surface area contributed by atoms with Gasteiger partial charge in [-0.25, -0.2) is 0 Å². The van der Waals surface area contributed by atoms with Gasteiger partial charge < -0.3 is 14.5 Å². The van der Waals surface area contributed by atoms with Gasteiger partial charge in [-0.3, -0.25) is 4.79 Å². The topological polar surface area (TPSA) is 97.3 Å². The molecule has 0 unspecified atom stereocenters. The van der Waals surface area contributed by atoms with E-state index in [1.54, 1.807) is 19.3 Å². The summed E-state index contributed by atoms with van der Waals surface area (Å²) in [5.74, 6) is 0.473. The monoisotopic (exact) mass is 409 g/mol. The van der Waals surface area contributed by atoms with E-state index >= 15 is 0 Å². The van der Waals surface area contributed by atoms with Crippen molar-refractivity contribution in [2.24, 2.45) is 0 Å². The summed E-state index contributed by atoms with van der Waals surface area (Å²) in [5.41, 5.74) is 0.962. The number of hydrogen-bond donors (Lipinski definition) is 1. The third-order valence-electron chi connectivity index (χ3n) is 6.08. The number of carbonyl (C=O) groups excluding carboxylic acids is 1. The van der Waals surface area contributed by atoms with Gasteiger partial charge in [0.15, 0.2) is 5.76 Å². The maximum atomic E-state index is 13.5. The summed E-state index contributed by atoms with van der Waals surface area (Å²) in [5, 5.41) is 23.0. The summed E-state index contributed by atoms with van der Waals surface area (Å²) in [6.45, 7) is 6.23. The fourth-order valence-electron chi connectivity index (χ4n) is 3.86. The first-order valence-corrected chi connectivity index (χ1v) is 10.4. The van der Waals surface area contributed by atoms with Crippen molar-refractivity contribution in [1.82, 2.24) is 25.1 Å². The van der Waals surface area contributed by atoms with Crippen molar-refractivity contribution in [3.05, 3.63) is 59.7 Å². The summed E-state index contributed by atoms with van der Waals surface area (Å²) in [4.78, 5) is 16.8. The Balaban J connectivity index is 1.59. The van der Waals surface area contributed by atoms with Crippen molar-refractivity contribution in [2.45, 2.75) is 57.6 Å². The van der Waals surface area contributed by atoms with Gasteiger partial charge in [0.25, 0.3) is 5.91 Å². The summed E-state index contributed by atoms with van der Waals surface area (Å²) in [7, 11) is 0. The van der Waals surface area contributed by atoms with Crippen molar-refractivity contribution in [3.63, 3.8) is 0 Å². The second-order valence-electron chi connectivity index (χ2n) is 8.16. The van der Waals surface area contributed by atoms with Crippen molar-refractivity contribution in [1.29, 1.82) is 0 Å². The zero-order chi connectivity index (χ0) is 21.3. The lowest BCUT2D eigenvalue weighted by Crippen LogP contribution is -2.45. The predicted octanol–water partition coefficient (Wildman–Crippen LogP) is 3.28. The lowest BCUT2D eigenvalue weighted by atomic mass is 9.89. The van der Waals surface area contributed by atoms with E-state index in [1.807, 2.05) is 42.2 Å². The van der Waals surface area contributed by atoms with Gasteiger partial charge in [0.1, 0.15) is 5.60 Å². The SMILES string of the molecule is CC[C@@](C)(O)c1cc([C@@H]2CC[C@@H](C)N(C(=O)c3ccccc3-n3nccn3)C2)no1. The van der Waals surface area contributed by atoms with Crippen molar-refractivity contribution < 1.29 is 14.4 Å². The molecule has 30 heavy (non-hydrogen) atoms. The largest absolute Gasteiger partial charge is 0.382 e. The van der Waals surface area contributed by atoms with E-state index in [-0.39, 0.29) is 17.9 Å². The molecule has 8 nitrogen and oxygen atoms in total. The van der Waals surface area contributed by atoms with E-state index in [9.17, 15) is 9.90 Å². The summed E-state index contributed by atoms with van der Waals surface area (Å²) in [6, 6.07) is 9.31. The molecule has 158 valence electrons. The number of benzene rings is 1. The van der Waals surface area contributed by atoms with Gasteiger partial charge in [-0.2, -0.15) is 15.0 Å². The lowest BCUT2D eigenvalue weighted by Gasteiger charge is -2.37. The lowest BCUT2D eigenvalue weighted by molar-refractivity contribution is 0.0243. The van der Waals surface area contributed by atoms with Crippen LogP contribution in [-0.2, 0) is 5.60 Å². The van der Waals surface area contributed by atoms with E-state index in [0.29, 0.717) is 30.0 Å². The molecule has 2 aromatic heterocycles. The molecular weight excluding hydrogens is 382 g/mol. The average Bonchev–Trinajstić information content (AvgIpc) is 3.46. The van der Waals surface area contributed by atoms with Crippen LogP contribution in [0, 0.1) is 0 Å². The quantitative estimate of drug-likeness (QED) is 0.695. The molecule has 0 radical (unpaired) electrons. The second kappa shape index (κ2) is 8.02. The van der Waals surface area contributed by atoms with E-state index in [4.69, 9.17) is 4.52 Å². The average molecular weight is 409 g/mol. The number of carbonyl (C=O) groups is 1. The molecule has 8 heteroatoms. The highest BCUT2D eigenvalue weighted by atomic mass is 16.5. The second-order valence-corrected chi connectivity index (χ2v) is 8.16. The van der Waals surface area contributed by atoms with Crippen LogP contribution in [0.25, 0.3) is 5.69 Å². The molecule has 3 aromatic rings. The van der Waals surface area contributed by atoms with Crippen LogP contribution in [0.1, 0.15) is 67.8 Å². The van der Waals surface area contributed by atoms with Crippen LogP contribution in [-0.4, -0.2) is 48.7 Å². The minimum atomic E-state index is -1.04. The Morgan fingerprint density at radius 3 is 2.73 bits per heavy atom. The molecule has 1 saturated heterocycles. The van der Waals surface area contributed by atoms with E-state index in [1.165, 1.54) is 4.80 Å². The van der Waals surface area contributed by atoms with E-state index in [2.05, 4.69) is 22.3 Å². The summed E-state index contributed by atoms with van der Waals surface area (Å²) < 4.78 is 5.43. The number of piperidine rings is 1. The number of amides is 1. The third kappa shape index (κ3) is 3.75. The number of likely N-dealkylation sites (tertiary alicyclic amines) is 1. The van der Waals surface area contributed by atoms with Gasteiger partial charge in [-0.05, 0) is 45.2 Å². The Morgan fingerprint density at radius 1 is 1.27 bits per heavy atom. The van der Waals surface area contributed by atoms with Crippen LogP contribution in [0.15, 0.2) is 47.2 Å². The minimum absolute atomic E-state index is 0.0515. The molecule has 1 aromatic carbocycles. The fourth-order valence-corrected chi connectivity index (χ4v) is 3.86. The molecule has 1 amide bonds. The summed E-state index contributed by atoms with van der Waals surface area (Å²) >= 11 is 0. The number of aliphatic hydroxyl groups is 1. The Morgan fingerprint density at radius 2 is 2.00 bits per heavy atom. The summed E-state index contributed by atoms with van der Waals surface area (Å²) in [6.07, 6.45) is 5.49. The standard InChI is InChI=1S/C22H27N5O3/c1-4-22(3,29)20-13-18(25-30-20)16-10-9-15(2)26(14-16)21(28)17-7-5-6-8-19(17)27-23-11-12-24-27/h5-8,11-13,15-16,29H,4,9-10,14H2,1-3H3/t15-,16-,22-/m1/s1. The number of rotatable bonds is 5. The molecule has 3 heterocycles. The molecule has 0 bridgehead atoms. The highest BCUT2D eigenvalue weighted by Gasteiger charge is 2.34. The van der Waals surface area contributed by atoms with Gasteiger partial charge in [0.05, 0.1) is 29.3 Å². The van der Waals surface area contributed by atoms with Gasteiger partial charge in [0.2, 0.25) is 0 Å². The molecule has 1 N–H and O–H groups in total. The van der Waals surface area contributed by atoms with Crippen LogP contribution in [0.2, 0.25) is 0 Å². The molecule has 0 aliphatic carbocycles. The molecule has 0 spiro atoms. The van der Waals surface area contributed by atoms with Crippen molar-refractivity contribution in [3.8, 4) is 5.69 Å². The van der Waals surface area contributed by atoms with Gasteiger partial charge >= 0.3 is 0 Å². The number of para-hydroxylation sites is 1. The maximum absolute atomic E-state index is 13.5. The first kappa shape index (κ1) is 20.3. The zero-order valence-corrected chi connectivity index (χ0v) is 17.5. The van der Waals surface area contributed by atoms with Gasteiger partial charge in [-0.15, -0.1) is 0 Å². The van der Waals surface area contributed by atoms with Gasteiger partial charge in [-0.1, -0.05) is 24.2 Å². The molecule has 0 saturated carbocycles. The Bertz CT molecular complexity index is 1010. The molecular formula is C22H27N5O3. The normalized spacial score (nSPS) is 21.4. The first-order valence-electron chi connectivity index (χ1n) is 10.4. The van der Waals surface area contributed by atoms with Crippen molar-refractivity contribution >= 4 is 5.91 Å². The number of nitrogens with zero attached hydrogens (tertiary/aromatic N) is 5. The maximum Gasteiger partial charge on any atom is 0.256 e. The van der Waals surface area contributed by atoms with Gasteiger partial charge in [0, 0.05) is 24.6 Å². The highest BCUT2D eigenvalue weighted by Crippen LogP contribution is 2.33. The fraction of sp³-hybridized carbons (Fsp3) is 0.455. The van der Waals surface area contributed by atoms with Crippen LogP contribution < -0.4 is 0 Å². The van der Waals surface area contributed by atoms with Crippen LogP contribution in [0.4, 0.5) is 0 Å². The Hall–Kier alpha value is -3.00. The number of aromatic nitrogens is 4. The Kier molecular flexibility index (Phi) is 5.42. The predicted molar refractivity (Wildman–Crippen MR) is 110 cm³/mol. The minimum Gasteiger partial charge on any atom is -0.382 e. The zero-order valence-electron chi connectivity index (χ0n) is 17.5. The van der Waals surface area contributed by atoms with E-state index < -0.39 is 5.60 Å². The number of hydrogen-bond acceptors (Lipinski definition) is 6. The smallest absolute Gasteiger partial charge is 0.256 e.